The van der Waals surface area contributed by atoms with Gasteiger partial charge in [-0.05, 0) is 18.6 Å². The molecule has 20 heavy (non-hydrogen) atoms. The van der Waals surface area contributed by atoms with E-state index >= 15 is 0 Å². The number of rotatable bonds is 3. The first-order valence-electron chi connectivity index (χ1n) is 6.51. The lowest BCUT2D eigenvalue weighted by atomic mass is 10.2. The monoisotopic (exact) mass is 273 g/mol. The van der Waals surface area contributed by atoms with Gasteiger partial charge in [0.15, 0.2) is 0 Å². The van der Waals surface area contributed by atoms with E-state index in [2.05, 4.69) is 17.0 Å². The molecule has 6 heteroatoms. The van der Waals surface area contributed by atoms with Crippen LogP contribution in [0.5, 0.6) is 0 Å². The number of hydrogen-bond acceptors (Lipinski definition) is 3. The zero-order chi connectivity index (χ0) is 14.3. The molecule has 0 aliphatic carbocycles. The summed E-state index contributed by atoms with van der Waals surface area (Å²) in [7, 11) is 1.90. The Morgan fingerprint density at radius 3 is 2.90 bits per heavy atom. The summed E-state index contributed by atoms with van der Waals surface area (Å²) in [5.74, 6) is 0.0780. The van der Waals surface area contributed by atoms with Crippen molar-refractivity contribution in [1.82, 2.24) is 19.3 Å². The van der Waals surface area contributed by atoms with Gasteiger partial charge in [-0.25, -0.2) is 9.37 Å². The van der Waals surface area contributed by atoms with E-state index in [1.807, 2.05) is 17.8 Å². The van der Waals surface area contributed by atoms with Crippen LogP contribution in [-0.4, -0.2) is 19.3 Å². The average molecular weight is 273 g/mol. The number of nitrogens with two attached hydrogens (primary N) is 1. The summed E-state index contributed by atoms with van der Waals surface area (Å²) in [5.41, 5.74) is 9.49. The highest BCUT2D eigenvalue weighted by Gasteiger charge is 2.12. The second-order valence-electron chi connectivity index (χ2n) is 4.82. The van der Waals surface area contributed by atoms with E-state index in [0.717, 1.165) is 23.2 Å². The van der Waals surface area contributed by atoms with Crippen LogP contribution in [0.1, 0.15) is 18.2 Å². The van der Waals surface area contributed by atoms with E-state index in [-0.39, 0.29) is 5.82 Å². The summed E-state index contributed by atoms with van der Waals surface area (Å²) >= 11 is 0. The van der Waals surface area contributed by atoms with Crippen LogP contribution in [0, 0.1) is 5.82 Å². The molecule has 5 nitrogen and oxygen atoms in total. The fraction of sp³-hybridized carbons (Fsp3) is 0.286. The summed E-state index contributed by atoms with van der Waals surface area (Å²) in [6, 6.07) is 4.52. The van der Waals surface area contributed by atoms with Crippen molar-refractivity contribution in [2.24, 2.45) is 7.05 Å². The van der Waals surface area contributed by atoms with Gasteiger partial charge in [0.1, 0.15) is 5.82 Å². The number of nitrogens with zero attached hydrogens (tertiary/aromatic N) is 4. The summed E-state index contributed by atoms with van der Waals surface area (Å²) < 4.78 is 16.9. The lowest BCUT2D eigenvalue weighted by Crippen LogP contribution is -2.05. The topological polar surface area (TPSA) is 61.7 Å². The van der Waals surface area contributed by atoms with Gasteiger partial charge in [-0.1, -0.05) is 6.92 Å². The third-order valence-corrected chi connectivity index (χ3v) is 3.39. The average Bonchev–Trinajstić information content (AvgIpc) is 2.90. The molecule has 3 aromatic rings. The Labute approximate surface area is 115 Å². The van der Waals surface area contributed by atoms with Crippen molar-refractivity contribution < 1.29 is 4.39 Å². The highest BCUT2D eigenvalue weighted by atomic mass is 19.1. The summed E-state index contributed by atoms with van der Waals surface area (Å²) in [4.78, 5) is 4.21. The molecule has 0 radical (unpaired) electrons. The standard InChI is InChI=1S/C14H16FN5/c1-3-11-9(7-19(2)18-11)8-20-13-5-4-10(15)6-12(13)17-14(20)16/h4-7H,3,8H2,1-2H3,(H2,16,17). The van der Waals surface area contributed by atoms with Gasteiger partial charge >= 0.3 is 0 Å². The molecule has 0 bridgehead atoms. The molecule has 0 saturated heterocycles. The quantitative estimate of drug-likeness (QED) is 0.795. The Bertz CT molecular complexity index is 771. The van der Waals surface area contributed by atoms with E-state index in [1.165, 1.54) is 12.1 Å². The molecule has 2 N–H and O–H groups in total. The number of hydrogen-bond donors (Lipinski definition) is 1. The molecule has 0 aliphatic rings. The van der Waals surface area contributed by atoms with Crippen LogP contribution in [0.4, 0.5) is 10.3 Å². The van der Waals surface area contributed by atoms with E-state index in [9.17, 15) is 4.39 Å². The van der Waals surface area contributed by atoms with Crippen LogP contribution in [0.3, 0.4) is 0 Å². The van der Waals surface area contributed by atoms with Gasteiger partial charge in [-0.15, -0.1) is 0 Å². The molecule has 2 heterocycles. The van der Waals surface area contributed by atoms with Crippen LogP contribution in [0.2, 0.25) is 0 Å². The van der Waals surface area contributed by atoms with Gasteiger partial charge in [-0.2, -0.15) is 5.10 Å². The minimum absolute atomic E-state index is 0.308. The second kappa shape index (κ2) is 4.63. The molecule has 3 rings (SSSR count). The number of imidazole rings is 1. The molecule has 0 fully saturated rings. The number of benzene rings is 1. The molecule has 0 aliphatic heterocycles. The highest BCUT2D eigenvalue weighted by molar-refractivity contribution is 5.78. The molecule has 2 aromatic heterocycles. The fourth-order valence-corrected chi connectivity index (χ4v) is 2.47. The summed E-state index contributed by atoms with van der Waals surface area (Å²) in [6.07, 6.45) is 2.84. The van der Waals surface area contributed by atoms with Gasteiger partial charge in [0.05, 0.1) is 23.3 Å². The Morgan fingerprint density at radius 1 is 1.35 bits per heavy atom. The maximum absolute atomic E-state index is 13.2. The molecular weight excluding hydrogens is 257 g/mol. The SMILES string of the molecule is CCc1nn(C)cc1Cn1c(N)nc2cc(F)ccc21. The second-order valence-corrected chi connectivity index (χ2v) is 4.82. The van der Waals surface area contributed by atoms with Gasteiger partial charge in [-0.3, -0.25) is 4.68 Å². The van der Waals surface area contributed by atoms with Crippen molar-refractivity contribution in [2.75, 3.05) is 5.73 Å². The Balaban J connectivity index is 2.08. The zero-order valence-electron chi connectivity index (χ0n) is 11.5. The molecule has 1 aromatic carbocycles. The minimum Gasteiger partial charge on any atom is -0.369 e. The number of aromatic nitrogens is 4. The van der Waals surface area contributed by atoms with Crippen molar-refractivity contribution >= 4 is 17.0 Å². The molecule has 104 valence electrons. The van der Waals surface area contributed by atoms with E-state index in [0.29, 0.717) is 18.0 Å². The molecule has 0 unspecified atom stereocenters. The maximum Gasteiger partial charge on any atom is 0.201 e. The number of fused-ring (bicyclic) bond motifs is 1. The van der Waals surface area contributed by atoms with Crippen molar-refractivity contribution in [3.8, 4) is 0 Å². The van der Waals surface area contributed by atoms with E-state index in [4.69, 9.17) is 5.73 Å². The Kier molecular flexibility index (Phi) is 2.93. The molecule has 0 atom stereocenters. The zero-order valence-corrected chi connectivity index (χ0v) is 11.5. The van der Waals surface area contributed by atoms with Crippen LogP contribution >= 0.6 is 0 Å². The van der Waals surface area contributed by atoms with E-state index in [1.54, 1.807) is 10.7 Å². The fourth-order valence-electron chi connectivity index (χ4n) is 2.47. The summed E-state index contributed by atoms with van der Waals surface area (Å²) in [6.45, 7) is 2.65. The van der Waals surface area contributed by atoms with Crippen LogP contribution in [0.15, 0.2) is 24.4 Å². The first-order valence-corrected chi connectivity index (χ1v) is 6.51. The lowest BCUT2D eigenvalue weighted by Gasteiger charge is -2.06. The van der Waals surface area contributed by atoms with Gasteiger partial charge in [0, 0.05) is 24.9 Å². The summed E-state index contributed by atoms with van der Waals surface area (Å²) in [5, 5.41) is 4.42. The highest BCUT2D eigenvalue weighted by Crippen LogP contribution is 2.21. The predicted octanol–water partition coefficient (Wildman–Crippen LogP) is 2.10. The van der Waals surface area contributed by atoms with Crippen molar-refractivity contribution in [2.45, 2.75) is 19.9 Å². The maximum atomic E-state index is 13.2. The number of anilines is 1. The lowest BCUT2D eigenvalue weighted by molar-refractivity contribution is 0.629. The normalized spacial score (nSPS) is 11.3. The number of nitrogen functional groups attached to an aromatic ring is 1. The molecule has 0 saturated carbocycles. The van der Waals surface area contributed by atoms with Crippen LogP contribution < -0.4 is 5.73 Å². The van der Waals surface area contributed by atoms with Gasteiger partial charge < -0.3 is 10.3 Å². The van der Waals surface area contributed by atoms with E-state index < -0.39 is 0 Å². The van der Waals surface area contributed by atoms with Gasteiger partial charge in [0.25, 0.3) is 0 Å². The Morgan fingerprint density at radius 2 is 2.15 bits per heavy atom. The van der Waals surface area contributed by atoms with Gasteiger partial charge in [0.2, 0.25) is 5.95 Å². The van der Waals surface area contributed by atoms with Crippen molar-refractivity contribution in [1.29, 1.82) is 0 Å². The first kappa shape index (κ1) is 12.7. The third kappa shape index (κ3) is 2.03. The number of aryl methyl sites for hydroxylation is 2. The first-order chi connectivity index (χ1) is 9.58. The largest absolute Gasteiger partial charge is 0.369 e. The van der Waals surface area contributed by atoms with Crippen LogP contribution in [0.25, 0.3) is 11.0 Å². The van der Waals surface area contributed by atoms with Crippen molar-refractivity contribution in [3.05, 3.63) is 41.5 Å². The Hall–Kier alpha value is -2.37. The third-order valence-electron chi connectivity index (χ3n) is 3.39. The minimum atomic E-state index is -0.308. The number of halogens is 1. The van der Waals surface area contributed by atoms with Crippen LogP contribution in [-0.2, 0) is 20.0 Å². The molecular formula is C14H16FN5. The van der Waals surface area contributed by atoms with Crippen molar-refractivity contribution in [3.63, 3.8) is 0 Å². The molecule has 0 amide bonds. The predicted molar refractivity (Wildman–Crippen MR) is 75.8 cm³/mol. The molecule has 0 spiro atoms. The smallest absolute Gasteiger partial charge is 0.201 e.